The average Bonchev–Trinajstić information content (AvgIpc) is 2.26. The van der Waals surface area contributed by atoms with E-state index in [-0.39, 0.29) is 11.4 Å². The first-order chi connectivity index (χ1) is 8.81. The Balaban J connectivity index is 3.07. The van der Waals surface area contributed by atoms with Gasteiger partial charge in [-0.3, -0.25) is 14.9 Å². The third kappa shape index (κ3) is 3.95. The number of benzene rings is 1. The van der Waals surface area contributed by atoms with Crippen LogP contribution in [0.1, 0.15) is 12.0 Å². The Labute approximate surface area is 107 Å². The molecule has 0 saturated heterocycles. The highest BCUT2D eigenvalue weighted by molar-refractivity contribution is 5.84. The highest BCUT2D eigenvalue weighted by atomic mass is 16.6. The van der Waals surface area contributed by atoms with Crippen molar-refractivity contribution in [2.45, 2.75) is 19.4 Å². The summed E-state index contributed by atoms with van der Waals surface area (Å²) in [7, 11) is 0. The maximum atomic E-state index is 10.9. The van der Waals surface area contributed by atoms with E-state index >= 15 is 0 Å². The Morgan fingerprint density at radius 1 is 1.42 bits per heavy atom. The highest BCUT2D eigenvalue weighted by Gasteiger charge is 2.24. The van der Waals surface area contributed by atoms with E-state index in [9.17, 15) is 19.7 Å². The second-order valence-electron chi connectivity index (χ2n) is 3.91. The van der Waals surface area contributed by atoms with E-state index < -0.39 is 29.3 Å². The van der Waals surface area contributed by atoms with Crippen molar-refractivity contribution in [3.63, 3.8) is 0 Å². The molecule has 0 saturated carbocycles. The normalized spacial score (nSPS) is 11.6. The fraction of sp³-hybridized carbons (Fsp3) is 0.273. The SMILES string of the molecule is Cc1ccc([N+](=O)[O-])c(NC(CC(=O)O)C(=O)O)c1. The van der Waals surface area contributed by atoms with Gasteiger partial charge in [0, 0.05) is 6.07 Å². The lowest BCUT2D eigenvalue weighted by molar-refractivity contribution is -0.384. The quantitative estimate of drug-likeness (QED) is 0.522. The number of hydrogen-bond donors (Lipinski definition) is 3. The zero-order chi connectivity index (χ0) is 14.6. The second-order valence-corrected chi connectivity index (χ2v) is 3.91. The van der Waals surface area contributed by atoms with Crippen LogP contribution in [-0.2, 0) is 9.59 Å². The van der Waals surface area contributed by atoms with Crippen molar-refractivity contribution in [1.29, 1.82) is 0 Å². The Bertz CT molecular complexity index is 528. The monoisotopic (exact) mass is 268 g/mol. The first-order valence-corrected chi connectivity index (χ1v) is 5.27. The molecule has 0 aliphatic rings. The van der Waals surface area contributed by atoms with Gasteiger partial charge in [-0.1, -0.05) is 6.07 Å². The molecule has 3 N–H and O–H groups in total. The van der Waals surface area contributed by atoms with Crippen LogP contribution in [0.3, 0.4) is 0 Å². The van der Waals surface area contributed by atoms with Gasteiger partial charge >= 0.3 is 11.9 Å². The number of carbonyl (C=O) groups is 2. The predicted octanol–water partition coefficient (Wildman–Crippen LogP) is 1.24. The molecule has 0 heterocycles. The summed E-state index contributed by atoms with van der Waals surface area (Å²) in [5, 5.41) is 30.7. The number of nitrogens with zero attached hydrogens (tertiary/aromatic N) is 1. The number of carboxylic acid groups (broad SMARTS) is 2. The van der Waals surface area contributed by atoms with Crippen molar-refractivity contribution in [3.8, 4) is 0 Å². The van der Waals surface area contributed by atoms with Gasteiger partial charge in [0.15, 0.2) is 0 Å². The van der Waals surface area contributed by atoms with Crippen molar-refractivity contribution in [2.24, 2.45) is 0 Å². The van der Waals surface area contributed by atoms with Crippen LogP contribution in [0.15, 0.2) is 18.2 Å². The third-order valence-corrected chi connectivity index (χ3v) is 2.36. The number of nitro groups is 1. The number of aryl methyl sites for hydroxylation is 1. The minimum atomic E-state index is -1.43. The van der Waals surface area contributed by atoms with Gasteiger partial charge in [-0.2, -0.15) is 0 Å². The first kappa shape index (κ1) is 14.4. The average molecular weight is 268 g/mol. The zero-order valence-electron chi connectivity index (χ0n) is 9.99. The van der Waals surface area contributed by atoms with Gasteiger partial charge in [0.1, 0.15) is 11.7 Å². The van der Waals surface area contributed by atoms with Gasteiger partial charge in [-0.15, -0.1) is 0 Å². The number of hydrogen-bond acceptors (Lipinski definition) is 5. The number of nitrogens with one attached hydrogen (secondary N) is 1. The lowest BCUT2D eigenvalue weighted by atomic mass is 10.1. The van der Waals surface area contributed by atoms with Gasteiger partial charge in [0.2, 0.25) is 0 Å². The molecule has 0 aromatic heterocycles. The summed E-state index contributed by atoms with van der Waals surface area (Å²) in [6.45, 7) is 1.68. The number of rotatable bonds is 6. The summed E-state index contributed by atoms with van der Waals surface area (Å²) >= 11 is 0. The van der Waals surface area contributed by atoms with Crippen LogP contribution in [0.2, 0.25) is 0 Å². The molecule has 1 aromatic rings. The summed E-state index contributed by atoms with van der Waals surface area (Å²) in [4.78, 5) is 31.6. The summed E-state index contributed by atoms with van der Waals surface area (Å²) in [6, 6.07) is 2.71. The van der Waals surface area contributed by atoms with Gasteiger partial charge in [-0.05, 0) is 18.6 Å². The predicted molar refractivity (Wildman–Crippen MR) is 65.1 cm³/mol. The van der Waals surface area contributed by atoms with Crippen molar-refractivity contribution >= 4 is 23.3 Å². The van der Waals surface area contributed by atoms with Gasteiger partial charge in [-0.25, -0.2) is 4.79 Å². The summed E-state index contributed by atoms with van der Waals surface area (Å²) < 4.78 is 0. The van der Waals surface area contributed by atoms with Gasteiger partial charge < -0.3 is 15.5 Å². The van der Waals surface area contributed by atoms with Gasteiger partial charge in [0.05, 0.1) is 11.3 Å². The highest BCUT2D eigenvalue weighted by Crippen LogP contribution is 2.26. The van der Waals surface area contributed by atoms with Crippen LogP contribution in [0, 0.1) is 17.0 Å². The van der Waals surface area contributed by atoms with E-state index in [1.807, 2.05) is 0 Å². The Morgan fingerprint density at radius 3 is 2.53 bits per heavy atom. The maximum absolute atomic E-state index is 10.9. The maximum Gasteiger partial charge on any atom is 0.326 e. The van der Waals surface area contributed by atoms with Crippen LogP contribution >= 0.6 is 0 Å². The van der Waals surface area contributed by atoms with Crippen molar-refractivity contribution in [2.75, 3.05) is 5.32 Å². The smallest absolute Gasteiger partial charge is 0.326 e. The molecular weight excluding hydrogens is 256 g/mol. The number of carboxylic acids is 2. The number of nitro benzene ring substituents is 1. The van der Waals surface area contributed by atoms with Crippen LogP contribution in [-0.4, -0.2) is 33.1 Å². The van der Waals surface area contributed by atoms with E-state index in [0.29, 0.717) is 5.56 Å². The van der Waals surface area contributed by atoms with Crippen molar-refractivity contribution < 1.29 is 24.7 Å². The largest absolute Gasteiger partial charge is 0.481 e. The second kappa shape index (κ2) is 5.80. The molecule has 1 rings (SSSR count). The van der Waals surface area contributed by atoms with Crippen LogP contribution in [0.5, 0.6) is 0 Å². The van der Waals surface area contributed by atoms with E-state index in [1.54, 1.807) is 6.92 Å². The van der Waals surface area contributed by atoms with E-state index in [1.165, 1.54) is 18.2 Å². The fourth-order valence-electron chi connectivity index (χ4n) is 1.49. The lowest BCUT2D eigenvalue weighted by Gasteiger charge is -2.14. The molecule has 0 amide bonds. The standard InChI is InChI=1S/C11H12N2O6/c1-6-2-3-9(13(18)19)7(4-6)12-8(11(16)17)5-10(14)15/h2-4,8,12H,5H2,1H3,(H,14,15)(H,16,17). The Kier molecular flexibility index (Phi) is 4.41. The topological polar surface area (TPSA) is 130 Å². The van der Waals surface area contributed by atoms with Crippen LogP contribution < -0.4 is 5.32 Å². The molecule has 1 atom stereocenters. The molecule has 0 radical (unpaired) electrons. The molecule has 8 nitrogen and oxygen atoms in total. The molecule has 0 aliphatic heterocycles. The molecule has 0 aliphatic carbocycles. The third-order valence-electron chi connectivity index (χ3n) is 2.36. The molecule has 1 aromatic carbocycles. The Morgan fingerprint density at radius 2 is 2.05 bits per heavy atom. The number of aliphatic carboxylic acids is 2. The molecule has 102 valence electrons. The fourth-order valence-corrected chi connectivity index (χ4v) is 1.49. The molecule has 19 heavy (non-hydrogen) atoms. The summed E-state index contributed by atoms with van der Waals surface area (Å²) in [5.74, 6) is -2.70. The van der Waals surface area contributed by atoms with E-state index in [4.69, 9.17) is 10.2 Å². The van der Waals surface area contributed by atoms with E-state index in [0.717, 1.165) is 0 Å². The lowest BCUT2D eigenvalue weighted by Crippen LogP contribution is -2.32. The number of anilines is 1. The molecule has 0 fully saturated rings. The summed E-state index contributed by atoms with van der Waals surface area (Å²) in [6.07, 6.45) is -0.680. The molecule has 0 spiro atoms. The first-order valence-electron chi connectivity index (χ1n) is 5.27. The Hall–Kier alpha value is -2.64. The van der Waals surface area contributed by atoms with Crippen LogP contribution in [0.4, 0.5) is 11.4 Å². The molecule has 0 bridgehead atoms. The minimum absolute atomic E-state index is 0.0151. The minimum Gasteiger partial charge on any atom is -0.481 e. The van der Waals surface area contributed by atoms with E-state index in [2.05, 4.69) is 5.32 Å². The summed E-state index contributed by atoms with van der Waals surface area (Å²) in [5.41, 5.74) is 0.369. The van der Waals surface area contributed by atoms with Crippen LogP contribution in [0.25, 0.3) is 0 Å². The zero-order valence-corrected chi connectivity index (χ0v) is 9.99. The van der Waals surface area contributed by atoms with Crippen molar-refractivity contribution in [1.82, 2.24) is 0 Å². The van der Waals surface area contributed by atoms with Crippen molar-refractivity contribution in [3.05, 3.63) is 33.9 Å². The van der Waals surface area contributed by atoms with Gasteiger partial charge in [0.25, 0.3) is 5.69 Å². The molecule has 8 heteroatoms. The molecule has 1 unspecified atom stereocenters. The molecular formula is C11H12N2O6.